The highest BCUT2D eigenvalue weighted by Crippen LogP contribution is 2.28. The monoisotopic (exact) mass is 271 g/mol. The predicted molar refractivity (Wildman–Crippen MR) is 77.1 cm³/mol. The number of benzene rings is 1. The number of hydrogen-bond acceptors (Lipinski definition) is 2. The molecule has 4 heteroatoms. The maximum atomic E-state index is 11.2. The van der Waals surface area contributed by atoms with Gasteiger partial charge in [-0.2, -0.15) is 0 Å². The number of aliphatic imine (C=N–C) groups is 1. The van der Waals surface area contributed by atoms with Crippen LogP contribution in [0.3, 0.4) is 0 Å². The number of rotatable bonds is 2. The van der Waals surface area contributed by atoms with Gasteiger partial charge in [0.25, 0.3) is 5.91 Å². The zero-order valence-corrected chi connectivity index (χ0v) is 11.8. The summed E-state index contributed by atoms with van der Waals surface area (Å²) in [7, 11) is 0. The molecule has 20 heavy (non-hydrogen) atoms. The van der Waals surface area contributed by atoms with Gasteiger partial charge in [-0.25, -0.2) is 9.79 Å². The number of hydrogen-bond donors (Lipinski definition) is 1. The molecule has 1 amide bonds. The molecule has 1 aliphatic rings. The summed E-state index contributed by atoms with van der Waals surface area (Å²) in [4.78, 5) is 26.1. The van der Waals surface area contributed by atoms with Crippen molar-refractivity contribution in [1.82, 2.24) is 0 Å². The maximum Gasteiger partial charge on any atom is 0.332 e. The molecule has 1 atom stereocenters. The molecule has 0 aliphatic carbocycles. The molecule has 104 valence electrons. The highest BCUT2D eigenvalue weighted by molar-refractivity contribution is 6.08. The Labute approximate surface area is 117 Å². The van der Waals surface area contributed by atoms with Gasteiger partial charge in [0.05, 0.1) is 11.5 Å². The highest BCUT2D eigenvalue weighted by Gasteiger charge is 2.25. The molecule has 1 unspecified atom stereocenters. The third kappa shape index (κ3) is 2.85. The summed E-state index contributed by atoms with van der Waals surface area (Å²) in [6.07, 6.45) is 2.49. The van der Waals surface area contributed by atoms with Crippen LogP contribution in [0.1, 0.15) is 37.8 Å². The molecular weight excluding hydrogens is 254 g/mol. The summed E-state index contributed by atoms with van der Waals surface area (Å²) >= 11 is 0. The van der Waals surface area contributed by atoms with E-state index >= 15 is 0 Å². The van der Waals surface area contributed by atoms with Gasteiger partial charge >= 0.3 is 5.97 Å². The Bertz CT molecular complexity index is 604. The second-order valence-electron chi connectivity index (χ2n) is 5.87. The quantitative estimate of drug-likeness (QED) is 0.899. The summed E-state index contributed by atoms with van der Waals surface area (Å²) < 4.78 is 0. The lowest BCUT2D eigenvalue weighted by Gasteiger charge is -2.21. The van der Waals surface area contributed by atoms with Crippen LogP contribution in [0.4, 0.5) is 0 Å². The average molecular weight is 271 g/mol. The molecule has 0 spiro atoms. The number of dihydropyridines is 1. The number of carboxylic acids is 1. The van der Waals surface area contributed by atoms with Crippen molar-refractivity contribution in [1.29, 1.82) is 0 Å². The molecule has 1 heterocycles. The summed E-state index contributed by atoms with van der Waals surface area (Å²) in [5, 5.41) is 9.19. The average Bonchev–Trinajstić information content (AvgIpc) is 2.37. The van der Waals surface area contributed by atoms with Crippen LogP contribution in [0.5, 0.6) is 0 Å². The first-order chi connectivity index (χ1) is 9.29. The van der Waals surface area contributed by atoms with E-state index in [1.165, 1.54) is 11.8 Å². The molecule has 1 aliphatic heterocycles. The molecule has 0 fully saturated rings. The molecule has 1 N–H and O–H groups in total. The van der Waals surface area contributed by atoms with E-state index in [2.05, 4.69) is 25.8 Å². The van der Waals surface area contributed by atoms with E-state index < -0.39 is 17.8 Å². The van der Waals surface area contributed by atoms with Gasteiger partial charge < -0.3 is 5.11 Å². The van der Waals surface area contributed by atoms with E-state index in [4.69, 9.17) is 0 Å². The summed E-state index contributed by atoms with van der Waals surface area (Å²) in [6, 6.07) is 7.76. The molecule has 0 radical (unpaired) electrons. The van der Waals surface area contributed by atoms with Crippen molar-refractivity contribution in [2.24, 2.45) is 4.99 Å². The van der Waals surface area contributed by atoms with Gasteiger partial charge in [-0.1, -0.05) is 45.0 Å². The molecule has 0 saturated heterocycles. The van der Waals surface area contributed by atoms with E-state index in [1.54, 1.807) is 0 Å². The van der Waals surface area contributed by atoms with E-state index in [0.717, 1.165) is 11.6 Å². The van der Waals surface area contributed by atoms with Crippen molar-refractivity contribution in [3.05, 3.63) is 47.0 Å². The lowest BCUT2D eigenvalue weighted by Crippen LogP contribution is -2.18. The van der Waals surface area contributed by atoms with Crippen molar-refractivity contribution < 1.29 is 14.7 Å². The zero-order chi connectivity index (χ0) is 14.9. The molecule has 1 aromatic rings. The second-order valence-corrected chi connectivity index (χ2v) is 5.87. The maximum absolute atomic E-state index is 11.2. The van der Waals surface area contributed by atoms with Gasteiger partial charge in [-0.05, 0) is 16.5 Å². The van der Waals surface area contributed by atoms with Crippen LogP contribution in [0.25, 0.3) is 0 Å². The predicted octanol–water partition coefficient (Wildman–Crippen LogP) is 2.69. The molecule has 1 aromatic carbocycles. The summed E-state index contributed by atoms with van der Waals surface area (Å²) in [5.74, 6) is -2.08. The zero-order valence-electron chi connectivity index (χ0n) is 11.8. The van der Waals surface area contributed by atoms with Crippen molar-refractivity contribution in [3.8, 4) is 0 Å². The van der Waals surface area contributed by atoms with Crippen molar-refractivity contribution in [3.63, 3.8) is 0 Å². The van der Waals surface area contributed by atoms with Crippen LogP contribution in [0.15, 0.2) is 40.9 Å². The number of carboxylic acid groups (broad SMARTS) is 1. The van der Waals surface area contributed by atoms with Crippen LogP contribution >= 0.6 is 0 Å². The molecule has 2 rings (SSSR count). The minimum absolute atomic E-state index is 0.0423. The van der Waals surface area contributed by atoms with Crippen LogP contribution in [-0.4, -0.2) is 23.2 Å². The standard InChI is InChI=1S/C16H17NO3/c1-16(2,3)11-6-4-10(5-7-11)13-9-17-14(18)8-12(13)15(19)20/h4-9,13H,1-3H3,(H,19,20). The fraction of sp³-hybridized carbons (Fsp3) is 0.312. The fourth-order valence-electron chi connectivity index (χ4n) is 2.14. The summed E-state index contributed by atoms with van der Waals surface area (Å²) in [6.45, 7) is 6.35. The lowest BCUT2D eigenvalue weighted by atomic mass is 9.84. The van der Waals surface area contributed by atoms with Gasteiger partial charge in [0, 0.05) is 12.3 Å². The third-order valence-electron chi connectivity index (χ3n) is 3.35. The van der Waals surface area contributed by atoms with Crippen molar-refractivity contribution >= 4 is 18.1 Å². The van der Waals surface area contributed by atoms with Crippen LogP contribution in [-0.2, 0) is 15.0 Å². The number of amides is 1. The molecule has 4 nitrogen and oxygen atoms in total. The number of carbonyl (C=O) groups excluding carboxylic acids is 1. The Balaban J connectivity index is 2.36. The SMILES string of the molecule is CC(C)(C)c1ccc(C2C=NC(=O)C=C2C(=O)O)cc1. The van der Waals surface area contributed by atoms with Crippen molar-refractivity contribution in [2.45, 2.75) is 32.1 Å². The van der Waals surface area contributed by atoms with Gasteiger partial charge in [0.15, 0.2) is 0 Å². The number of aliphatic carboxylic acids is 1. The smallest absolute Gasteiger partial charge is 0.332 e. The normalized spacial score (nSPS) is 18.9. The van der Waals surface area contributed by atoms with Crippen LogP contribution in [0.2, 0.25) is 0 Å². The Kier molecular flexibility index (Phi) is 3.57. The second kappa shape index (κ2) is 5.04. The third-order valence-corrected chi connectivity index (χ3v) is 3.35. The van der Waals surface area contributed by atoms with Crippen molar-refractivity contribution in [2.75, 3.05) is 0 Å². The van der Waals surface area contributed by atoms with E-state index in [-0.39, 0.29) is 11.0 Å². The first-order valence-corrected chi connectivity index (χ1v) is 6.42. The Morgan fingerprint density at radius 3 is 2.30 bits per heavy atom. The Morgan fingerprint density at radius 1 is 1.20 bits per heavy atom. The van der Waals surface area contributed by atoms with Gasteiger partial charge in [-0.15, -0.1) is 0 Å². The molecule has 0 bridgehead atoms. The molecule has 0 aromatic heterocycles. The van der Waals surface area contributed by atoms with E-state index in [1.807, 2.05) is 24.3 Å². The first-order valence-electron chi connectivity index (χ1n) is 6.42. The first kappa shape index (κ1) is 14.2. The Hall–Kier alpha value is -2.23. The molecule has 0 saturated carbocycles. The van der Waals surface area contributed by atoms with Crippen LogP contribution < -0.4 is 0 Å². The van der Waals surface area contributed by atoms with Gasteiger partial charge in [0.2, 0.25) is 0 Å². The van der Waals surface area contributed by atoms with E-state index in [9.17, 15) is 14.7 Å². The minimum atomic E-state index is -1.09. The molecular formula is C16H17NO3. The summed E-state index contributed by atoms with van der Waals surface area (Å²) in [5.41, 5.74) is 2.10. The number of nitrogens with zero attached hydrogens (tertiary/aromatic N) is 1. The fourth-order valence-corrected chi connectivity index (χ4v) is 2.14. The topological polar surface area (TPSA) is 66.7 Å². The number of carbonyl (C=O) groups is 2. The Morgan fingerprint density at radius 2 is 1.80 bits per heavy atom. The lowest BCUT2D eigenvalue weighted by molar-refractivity contribution is -0.133. The minimum Gasteiger partial charge on any atom is -0.478 e. The van der Waals surface area contributed by atoms with Gasteiger partial charge in [-0.3, -0.25) is 4.79 Å². The largest absolute Gasteiger partial charge is 0.478 e. The highest BCUT2D eigenvalue weighted by atomic mass is 16.4. The van der Waals surface area contributed by atoms with Gasteiger partial charge in [0.1, 0.15) is 0 Å². The van der Waals surface area contributed by atoms with E-state index in [0.29, 0.717) is 0 Å². The van der Waals surface area contributed by atoms with Crippen LogP contribution in [0, 0.1) is 0 Å².